The monoisotopic (exact) mass is 221 g/mol. The molecule has 1 rings (SSSR count). The van der Waals surface area contributed by atoms with Crippen molar-refractivity contribution in [1.82, 2.24) is 9.88 Å². The van der Waals surface area contributed by atoms with Crippen LogP contribution in [0.1, 0.15) is 30.3 Å². The molecule has 4 heteroatoms. The summed E-state index contributed by atoms with van der Waals surface area (Å²) >= 11 is 0. The van der Waals surface area contributed by atoms with Crippen LogP contribution in [0.25, 0.3) is 0 Å². The fourth-order valence-corrected chi connectivity index (χ4v) is 1.64. The molecule has 0 amide bonds. The van der Waals surface area contributed by atoms with Gasteiger partial charge in [-0.1, -0.05) is 6.92 Å². The highest BCUT2D eigenvalue weighted by atomic mass is 16.3. The van der Waals surface area contributed by atoms with Crippen molar-refractivity contribution in [2.45, 2.75) is 32.9 Å². The van der Waals surface area contributed by atoms with Gasteiger partial charge in [0, 0.05) is 25.3 Å². The van der Waals surface area contributed by atoms with Crippen LogP contribution in [0.3, 0.4) is 0 Å². The number of nitrogens with one attached hydrogen (secondary N) is 1. The van der Waals surface area contributed by atoms with E-state index in [0.717, 1.165) is 17.7 Å². The van der Waals surface area contributed by atoms with Gasteiger partial charge >= 0.3 is 0 Å². The molecule has 0 bridgehead atoms. The van der Waals surface area contributed by atoms with Crippen molar-refractivity contribution in [3.63, 3.8) is 0 Å². The molecule has 0 spiro atoms. The van der Waals surface area contributed by atoms with Gasteiger partial charge in [0.15, 0.2) is 0 Å². The molecule has 0 aliphatic carbocycles. The molecule has 0 radical (unpaired) electrons. The standard InChI is InChI=1S/C12H19N3O/c1-4-11(8-16)14-7-10-5-12(6-13)15(3)9(10)2/h5,11,14,16H,4,7-8H2,1-3H3. The van der Waals surface area contributed by atoms with Gasteiger partial charge in [-0.15, -0.1) is 0 Å². The lowest BCUT2D eigenvalue weighted by molar-refractivity contribution is 0.238. The molecule has 0 saturated heterocycles. The largest absolute Gasteiger partial charge is 0.395 e. The first-order chi connectivity index (χ1) is 7.63. The summed E-state index contributed by atoms with van der Waals surface area (Å²) in [4.78, 5) is 0. The van der Waals surface area contributed by atoms with E-state index in [9.17, 15) is 0 Å². The summed E-state index contributed by atoms with van der Waals surface area (Å²) in [5, 5.41) is 21.2. The fraction of sp³-hybridized carbons (Fsp3) is 0.583. The Hall–Kier alpha value is -1.31. The average Bonchev–Trinajstić information content (AvgIpc) is 2.58. The first kappa shape index (κ1) is 12.8. The molecule has 1 heterocycles. The summed E-state index contributed by atoms with van der Waals surface area (Å²) in [6, 6.07) is 4.18. The molecule has 0 saturated carbocycles. The van der Waals surface area contributed by atoms with Crippen molar-refractivity contribution in [2.24, 2.45) is 7.05 Å². The first-order valence-electron chi connectivity index (χ1n) is 5.53. The Balaban J connectivity index is 2.72. The SMILES string of the molecule is CCC(CO)NCc1cc(C#N)n(C)c1C. The highest BCUT2D eigenvalue weighted by Gasteiger charge is 2.10. The molecule has 1 aromatic heterocycles. The maximum atomic E-state index is 9.06. The Morgan fingerprint density at radius 1 is 1.62 bits per heavy atom. The van der Waals surface area contributed by atoms with Gasteiger partial charge in [-0.05, 0) is 25.0 Å². The minimum absolute atomic E-state index is 0.130. The highest BCUT2D eigenvalue weighted by Crippen LogP contribution is 2.13. The van der Waals surface area contributed by atoms with Gasteiger partial charge in [0.05, 0.1) is 6.61 Å². The predicted octanol–water partition coefficient (Wildman–Crippen LogP) is 1.07. The second kappa shape index (κ2) is 5.69. The summed E-state index contributed by atoms with van der Waals surface area (Å²) in [7, 11) is 1.89. The van der Waals surface area contributed by atoms with Crippen molar-refractivity contribution in [3.05, 3.63) is 23.0 Å². The Morgan fingerprint density at radius 3 is 2.75 bits per heavy atom. The molecule has 1 aromatic rings. The van der Waals surface area contributed by atoms with E-state index >= 15 is 0 Å². The Kier molecular flexibility index (Phi) is 4.53. The Labute approximate surface area is 96.5 Å². The molecule has 1 atom stereocenters. The highest BCUT2D eigenvalue weighted by molar-refractivity contribution is 5.34. The van der Waals surface area contributed by atoms with Crippen LogP contribution in [0.15, 0.2) is 6.07 Å². The zero-order valence-electron chi connectivity index (χ0n) is 10.1. The van der Waals surface area contributed by atoms with E-state index in [-0.39, 0.29) is 12.6 Å². The molecule has 0 aliphatic heterocycles. The van der Waals surface area contributed by atoms with Gasteiger partial charge in [-0.25, -0.2) is 0 Å². The quantitative estimate of drug-likeness (QED) is 0.781. The van der Waals surface area contributed by atoms with Crippen molar-refractivity contribution in [2.75, 3.05) is 6.61 Å². The third-order valence-corrected chi connectivity index (χ3v) is 3.05. The normalized spacial score (nSPS) is 12.4. The van der Waals surface area contributed by atoms with Crippen molar-refractivity contribution < 1.29 is 5.11 Å². The summed E-state index contributed by atoms with van der Waals surface area (Å²) in [5.74, 6) is 0. The molecular formula is C12H19N3O. The maximum absolute atomic E-state index is 9.06. The summed E-state index contributed by atoms with van der Waals surface area (Å²) < 4.78 is 1.89. The van der Waals surface area contributed by atoms with E-state index in [4.69, 9.17) is 10.4 Å². The second-order valence-corrected chi connectivity index (χ2v) is 3.98. The van der Waals surface area contributed by atoms with E-state index in [0.29, 0.717) is 12.2 Å². The molecule has 2 N–H and O–H groups in total. The molecule has 0 aliphatic rings. The molecule has 4 nitrogen and oxygen atoms in total. The zero-order chi connectivity index (χ0) is 12.1. The minimum Gasteiger partial charge on any atom is -0.395 e. The maximum Gasteiger partial charge on any atom is 0.120 e. The summed E-state index contributed by atoms with van der Waals surface area (Å²) in [6.07, 6.45) is 0.896. The fourth-order valence-electron chi connectivity index (χ4n) is 1.64. The molecule has 16 heavy (non-hydrogen) atoms. The number of aromatic nitrogens is 1. The second-order valence-electron chi connectivity index (χ2n) is 3.98. The molecular weight excluding hydrogens is 202 g/mol. The number of nitrogens with zero attached hydrogens (tertiary/aromatic N) is 2. The van der Waals surface area contributed by atoms with Gasteiger partial charge in [-0.2, -0.15) is 5.26 Å². The van der Waals surface area contributed by atoms with E-state index in [1.54, 1.807) is 0 Å². The number of hydrogen-bond acceptors (Lipinski definition) is 3. The van der Waals surface area contributed by atoms with Crippen LogP contribution in [-0.2, 0) is 13.6 Å². The zero-order valence-corrected chi connectivity index (χ0v) is 10.1. The third-order valence-electron chi connectivity index (χ3n) is 3.05. The third kappa shape index (κ3) is 2.63. The van der Waals surface area contributed by atoms with Gasteiger partial charge in [-0.3, -0.25) is 0 Å². The van der Waals surface area contributed by atoms with Crippen LogP contribution in [0.4, 0.5) is 0 Å². The van der Waals surface area contributed by atoms with E-state index in [1.807, 2.05) is 31.5 Å². The van der Waals surface area contributed by atoms with Gasteiger partial charge in [0.25, 0.3) is 0 Å². The van der Waals surface area contributed by atoms with Crippen LogP contribution in [0.5, 0.6) is 0 Å². The average molecular weight is 221 g/mol. The topological polar surface area (TPSA) is 61.0 Å². The van der Waals surface area contributed by atoms with Crippen molar-refractivity contribution >= 4 is 0 Å². The van der Waals surface area contributed by atoms with Gasteiger partial charge in [0.1, 0.15) is 11.8 Å². The van der Waals surface area contributed by atoms with Crippen LogP contribution in [0, 0.1) is 18.3 Å². The summed E-state index contributed by atoms with van der Waals surface area (Å²) in [6.45, 7) is 4.87. The first-order valence-corrected chi connectivity index (χ1v) is 5.53. The molecule has 1 unspecified atom stereocenters. The predicted molar refractivity (Wildman–Crippen MR) is 62.9 cm³/mol. The minimum atomic E-state index is 0.130. The number of nitriles is 1. The van der Waals surface area contributed by atoms with Crippen LogP contribution < -0.4 is 5.32 Å². The van der Waals surface area contributed by atoms with E-state index in [2.05, 4.69) is 11.4 Å². The number of hydrogen-bond donors (Lipinski definition) is 2. The van der Waals surface area contributed by atoms with Crippen LogP contribution in [-0.4, -0.2) is 22.3 Å². The number of aliphatic hydroxyl groups is 1. The van der Waals surface area contributed by atoms with E-state index in [1.165, 1.54) is 0 Å². The number of rotatable bonds is 5. The summed E-state index contributed by atoms with van der Waals surface area (Å²) in [5.41, 5.74) is 2.88. The van der Waals surface area contributed by atoms with Crippen molar-refractivity contribution in [1.29, 1.82) is 5.26 Å². The molecule has 88 valence electrons. The van der Waals surface area contributed by atoms with Gasteiger partial charge < -0.3 is 15.0 Å². The van der Waals surface area contributed by atoms with Crippen LogP contribution >= 0.6 is 0 Å². The molecule has 0 aromatic carbocycles. The lowest BCUT2D eigenvalue weighted by Gasteiger charge is -2.13. The number of aliphatic hydroxyl groups excluding tert-OH is 1. The Morgan fingerprint density at radius 2 is 2.31 bits per heavy atom. The Bertz CT molecular complexity index is 386. The van der Waals surface area contributed by atoms with E-state index < -0.39 is 0 Å². The molecule has 0 fully saturated rings. The van der Waals surface area contributed by atoms with Crippen molar-refractivity contribution in [3.8, 4) is 6.07 Å². The van der Waals surface area contributed by atoms with Gasteiger partial charge in [0.2, 0.25) is 0 Å². The lowest BCUT2D eigenvalue weighted by Crippen LogP contribution is -2.31. The van der Waals surface area contributed by atoms with Crippen LogP contribution in [0.2, 0.25) is 0 Å². The lowest BCUT2D eigenvalue weighted by atomic mass is 10.2. The smallest absolute Gasteiger partial charge is 0.120 e.